The molecule has 1 aromatic heterocycles. The minimum atomic E-state index is -4.40. The van der Waals surface area contributed by atoms with E-state index < -0.39 is 11.9 Å². The van der Waals surface area contributed by atoms with Crippen LogP contribution in [0.3, 0.4) is 0 Å². The van der Waals surface area contributed by atoms with Gasteiger partial charge < -0.3 is 15.0 Å². The summed E-state index contributed by atoms with van der Waals surface area (Å²) in [5.74, 6) is 0. The fourth-order valence-corrected chi connectivity index (χ4v) is 1.74. The average molecular weight is 294 g/mol. The number of halogens is 3. The van der Waals surface area contributed by atoms with Crippen molar-refractivity contribution in [3.8, 4) is 0 Å². The second kappa shape index (κ2) is 7.61. The van der Waals surface area contributed by atoms with Crippen LogP contribution in [0.4, 0.5) is 13.2 Å². The van der Waals surface area contributed by atoms with Crippen LogP contribution in [0.15, 0.2) is 6.20 Å². The van der Waals surface area contributed by atoms with Crippen LogP contribution in [0, 0.1) is 0 Å². The van der Waals surface area contributed by atoms with E-state index in [0.717, 1.165) is 4.68 Å². The minimum Gasteiger partial charge on any atom is -0.383 e. The van der Waals surface area contributed by atoms with Gasteiger partial charge in [-0.25, -0.2) is 0 Å². The lowest BCUT2D eigenvalue weighted by molar-refractivity contribution is -0.145. The summed E-state index contributed by atoms with van der Waals surface area (Å²) in [7, 11) is 5.16. The third-order valence-corrected chi connectivity index (χ3v) is 2.74. The van der Waals surface area contributed by atoms with Crippen molar-refractivity contribution in [1.82, 2.24) is 20.0 Å². The van der Waals surface area contributed by atoms with Gasteiger partial charge in [0, 0.05) is 32.3 Å². The molecule has 0 fully saturated rings. The molecule has 116 valence electrons. The molecule has 1 heterocycles. The second-order valence-electron chi connectivity index (χ2n) is 4.71. The standard InChI is InChI=1S/C12H21F3N4O/c1-18(2)5-6-19-11(12(13,14)15)10(9-17-19)8-16-4-7-20-3/h9,16H,4-8H2,1-3H3. The molecule has 0 saturated heterocycles. The lowest BCUT2D eigenvalue weighted by Gasteiger charge is -2.15. The van der Waals surface area contributed by atoms with Crippen LogP contribution in [0.5, 0.6) is 0 Å². The third-order valence-electron chi connectivity index (χ3n) is 2.74. The maximum Gasteiger partial charge on any atom is 0.433 e. The zero-order chi connectivity index (χ0) is 15.2. The number of rotatable bonds is 8. The van der Waals surface area contributed by atoms with Gasteiger partial charge in [0.1, 0.15) is 5.69 Å². The van der Waals surface area contributed by atoms with Crippen molar-refractivity contribution in [1.29, 1.82) is 0 Å². The van der Waals surface area contributed by atoms with Crippen LogP contribution in [-0.4, -0.2) is 55.6 Å². The first-order chi connectivity index (χ1) is 9.36. The number of methoxy groups -OCH3 is 1. The van der Waals surface area contributed by atoms with Gasteiger partial charge in [-0.05, 0) is 14.1 Å². The van der Waals surface area contributed by atoms with Gasteiger partial charge in [-0.15, -0.1) is 0 Å². The normalized spacial score (nSPS) is 12.3. The number of ether oxygens (including phenoxy) is 1. The molecule has 0 spiro atoms. The molecule has 1 rings (SSSR count). The Labute approximate surface area is 116 Å². The van der Waals surface area contributed by atoms with Gasteiger partial charge in [-0.2, -0.15) is 18.3 Å². The van der Waals surface area contributed by atoms with Crippen LogP contribution in [0.2, 0.25) is 0 Å². The van der Waals surface area contributed by atoms with E-state index in [1.54, 1.807) is 7.11 Å². The number of nitrogens with zero attached hydrogens (tertiary/aromatic N) is 3. The Hall–Kier alpha value is -1.12. The molecule has 1 N–H and O–H groups in total. The number of nitrogens with one attached hydrogen (secondary N) is 1. The maximum atomic E-state index is 13.1. The molecule has 0 amide bonds. The molecule has 0 aliphatic heterocycles. The zero-order valence-corrected chi connectivity index (χ0v) is 12.0. The van der Waals surface area contributed by atoms with E-state index in [1.807, 2.05) is 19.0 Å². The molecule has 1 aromatic rings. The van der Waals surface area contributed by atoms with Gasteiger partial charge in [0.05, 0.1) is 19.3 Å². The van der Waals surface area contributed by atoms with Gasteiger partial charge in [-0.3, -0.25) is 4.68 Å². The van der Waals surface area contributed by atoms with Crippen molar-refractivity contribution in [2.45, 2.75) is 19.3 Å². The van der Waals surface area contributed by atoms with Crippen molar-refractivity contribution in [3.05, 3.63) is 17.5 Å². The smallest absolute Gasteiger partial charge is 0.383 e. The van der Waals surface area contributed by atoms with Gasteiger partial charge in [0.15, 0.2) is 0 Å². The van der Waals surface area contributed by atoms with Crippen LogP contribution in [0.1, 0.15) is 11.3 Å². The number of hydrogen-bond donors (Lipinski definition) is 1. The molecule has 0 radical (unpaired) electrons. The van der Waals surface area contributed by atoms with E-state index in [4.69, 9.17) is 4.74 Å². The minimum absolute atomic E-state index is 0.125. The second-order valence-corrected chi connectivity index (χ2v) is 4.71. The Balaban J connectivity index is 2.78. The van der Waals surface area contributed by atoms with Crippen molar-refractivity contribution in [2.24, 2.45) is 0 Å². The Bertz CT molecular complexity index is 404. The van der Waals surface area contributed by atoms with Gasteiger partial charge >= 0.3 is 6.18 Å². The summed E-state index contributed by atoms with van der Waals surface area (Å²) in [6.45, 7) is 1.79. The fourth-order valence-electron chi connectivity index (χ4n) is 1.74. The molecule has 0 aliphatic rings. The molecule has 0 aliphatic carbocycles. The van der Waals surface area contributed by atoms with E-state index >= 15 is 0 Å². The largest absolute Gasteiger partial charge is 0.433 e. The quantitative estimate of drug-likeness (QED) is 0.732. The van der Waals surface area contributed by atoms with Crippen LogP contribution < -0.4 is 5.32 Å². The van der Waals surface area contributed by atoms with Crippen molar-refractivity contribution in [2.75, 3.05) is 40.9 Å². The summed E-state index contributed by atoms with van der Waals surface area (Å²) < 4.78 is 45.2. The number of likely N-dealkylation sites (N-methyl/N-ethyl adjacent to an activating group) is 1. The Morgan fingerprint density at radius 1 is 1.40 bits per heavy atom. The predicted octanol–water partition coefficient (Wildman–Crippen LogP) is 1.20. The first-order valence-corrected chi connectivity index (χ1v) is 6.32. The first kappa shape index (κ1) is 16.9. The summed E-state index contributed by atoms with van der Waals surface area (Å²) in [4.78, 5) is 1.82. The fraction of sp³-hybridized carbons (Fsp3) is 0.750. The number of hydrogen-bond acceptors (Lipinski definition) is 4. The van der Waals surface area contributed by atoms with Gasteiger partial charge in [0.2, 0.25) is 0 Å². The SMILES string of the molecule is COCCNCc1cnn(CCN(C)C)c1C(F)(F)F. The van der Waals surface area contributed by atoms with E-state index in [2.05, 4.69) is 10.4 Å². The lowest BCUT2D eigenvalue weighted by Crippen LogP contribution is -2.25. The topological polar surface area (TPSA) is 42.3 Å². The van der Waals surface area contributed by atoms with Crippen molar-refractivity contribution >= 4 is 0 Å². The highest BCUT2D eigenvalue weighted by atomic mass is 19.4. The molecule has 5 nitrogen and oxygen atoms in total. The van der Waals surface area contributed by atoms with E-state index in [-0.39, 0.29) is 18.7 Å². The lowest BCUT2D eigenvalue weighted by atomic mass is 10.2. The molecule has 8 heteroatoms. The van der Waals surface area contributed by atoms with E-state index in [1.165, 1.54) is 6.20 Å². The van der Waals surface area contributed by atoms with Crippen LogP contribution >= 0.6 is 0 Å². The first-order valence-electron chi connectivity index (χ1n) is 6.32. The molecule has 0 unspecified atom stereocenters. The van der Waals surface area contributed by atoms with Crippen LogP contribution in [0.25, 0.3) is 0 Å². The van der Waals surface area contributed by atoms with Crippen molar-refractivity contribution < 1.29 is 17.9 Å². The van der Waals surface area contributed by atoms with Gasteiger partial charge in [0.25, 0.3) is 0 Å². The average Bonchev–Trinajstić information content (AvgIpc) is 2.75. The molecule has 0 atom stereocenters. The molecular weight excluding hydrogens is 273 g/mol. The van der Waals surface area contributed by atoms with Crippen LogP contribution in [-0.2, 0) is 24.0 Å². The highest BCUT2D eigenvalue weighted by Crippen LogP contribution is 2.31. The molecule has 0 aromatic carbocycles. The highest BCUT2D eigenvalue weighted by molar-refractivity contribution is 5.20. The zero-order valence-electron chi connectivity index (χ0n) is 12.0. The summed E-state index contributed by atoms with van der Waals surface area (Å²) in [5, 5.41) is 6.76. The van der Waals surface area contributed by atoms with E-state index in [9.17, 15) is 13.2 Å². The third kappa shape index (κ3) is 5.10. The molecule has 0 saturated carbocycles. The molecule has 20 heavy (non-hydrogen) atoms. The van der Waals surface area contributed by atoms with Gasteiger partial charge in [-0.1, -0.05) is 0 Å². The number of aromatic nitrogens is 2. The maximum absolute atomic E-state index is 13.1. The predicted molar refractivity (Wildman–Crippen MR) is 69.4 cm³/mol. The summed E-state index contributed by atoms with van der Waals surface area (Å²) in [6, 6.07) is 0. The summed E-state index contributed by atoms with van der Waals surface area (Å²) >= 11 is 0. The van der Waals surface area contributed by atoms with Crippen molar-refractivity contribution in [3.63, 3.8) is 0 Å². The van der Waals surface area contributed by atoms with E-state index in [0.29, 0.717) is 19.7 Å². The Morgan fingerprint density at radius 3 is 2.65 bits per heavy atom. The molecule has 0 bridgehead atoms. The monoisotopic (exact) mass is 294 g/mol. The Kier molecular flexibility index (Phi) is 6.44. The Morgan fingerprint density at radius 2 is 2.10 bits per heavy atom. The highest BCUT2D eigenvalue weighted by Gasteiger charge is 2.37. The summed E-state index contributed by atoms with van der Waals surface area (Å²) in [6.07, 6.45) is -3.13. The number of alkyl halides is 3. The summed E-state index contributed by atoms with van der Waals surface area (Å²) in [5.41, 5.74) is -0.517. The molecular formula is C12H21F3N4O.